The lowest BCUT2D eigenvalue weighted by atomic mass is 10.0. The van der Waals surface area contributed by atoms with E-state index < -0.39 is 0 Å². The third kappa shape index (κ3) is 7.51. The smallest absolute Gasteiger partial charge is 0.321 e. The average molecular weight is 613 g/mol. The number of hydrogen-bond donors (Lipinski definition) is 2. The number of aromatic nitrogens is 4. The Labute approximate surface area is 263 Å². The van der Waals surface area contributed by atoms with Gasteiger partial charge in [0.1, 0.15) is 12.1 Å². The van der Waals surface area contributed by atoms with Crippen molar-refractivity contribution in [1.82, 2.24) is 29.7 Å². The molecule has 1 aliphatic rings. The number of nitrogens with one attached hydrogen (secondary N) is 2. The summed E-state index contributed by atoms with van der Waals surface area (Å²) in [7, 11) is 3.17. The van der Waals surface area contributed by atoms with Gasteiger partial charge < -0.3 is 29.9 Å². The van der Waals surface area contributed by atoms with E-state index in [2.05, 4.69) is 34.4 Å². The molecule has 45 heavy (non-hydrogen) atoms. The molecule has 5 rings (SSSR count). The Balaban J connectivity index is 1.40. The summed E-state index contributed by atoms with van der Waals surface area (Å²) in [6.45, 7) is 7.36. The van der Waals surface area contributed by atoms with Crippen LogP contribution < -0.4 is 25.0 Å². The van der Waals surface area contributed by atoms with Gasteiger partial charge in [0.05, 0.1) is 32.0 Å². The largest absolute Gasteiger partial charge is 0.493 e. The fourth-order valence-electron chi connectivity index (χ4n) is 5.34. The first kappa shape index (κ1) is 31.3. The van der Waals surface area contributed by atoms with Gasteiger partial charge in [0.15, 0.2) is 11.5 Å². The zero-order chi connectivity index (χ0) is 31.9. The molecular formula is C33H40N8O4. The van der Waals surface area contributed by atoms with Crippen molar-refractivity contribution >= 4 is 23.4 Å². The van der Waals surface area contributed by atoms with Crippen molar-refractivity contribution in [1.29, 1.82) is 0 Å². The summed E-state index contributed by atoms with van der Waals surface area (Å²) in [4.78, 5) is 44.6. The Kier molecular flexibility index (Phi) is 9.81. The Morgan fingerprint density at radius 3 is 2.44 bits per heavy atom. The highest BCUT2D eigenvalue weighted by Gasteiger charge is 2.33. The molecule has 236 valence electrons. The van der Waals surface area contributed by atoms with E-state index in [-0.39, 0.29) is 36.4 Å². The van der Waals surface area contributed by atoms with E-state index >= 15 is 0 Å². The molecule has 12 nitrogen and oxygen atoms in total. The van der Waals surface area contributed by atoms with Gasteiger partial charge in [-0.25, -0.2) is 14.8 Å². The summed E-state index contributed by atoms with van der Waals surface area (Å²) >= 11 is 0. The number of rotatable bonds is 10. The lowest BCUT2D eigenvalue weighted by molar-refractivity contribution is -0.122. The second-order valence-corrected chi connectivity index (χ2v) is 11.3. The zero-order valence-corrected chi connectivity index (χ0v) is 26.3. The third-order valence-corrected chi connectivity index (χ3v) is 7.84. The van der Waals surface area contributed by atoms with Crippen LogP contribution in [-0.4, -0.2) is 76.3 Å². The number of hydrogen-bond acceptors (Lipinski definition) is 8. The normalized spacial score (nSPS) is 15.5. The lowest BCUT2D eigenvalue weighted by Crippen LogP contribution is -2.57. The molecule has 3 amide bonds. The molecular weight excluding hydrogens is 572 g/mol. The van der Waals surface area contributed by atoms with Gasteiger partial charge in [-0.3, -0.25) is 9.36 Å². The number of imidazole rings is 1. The van der Waals surface area contributed by atoms with Crippen molar-refractivity contribution in [2.24, 2.45) is 0 Å². The van der Waals surface area contributed by atoms with E-state index in [9.17, 15) is 9.59 Å². The van der Waals surface area contributed by atoms with Gasteiger partial charge >= 0.3 is 6.03 Å². The van der Waals surface area contributed by atoms with Crippen LogP contribution in [0.25, 0.3) is 5.95 Å². The summed E-state index contributed by atoms with van der Waals surface area (Å²) in [5, 5.41) is 6.10. The molecule has 2 N–H and O–H groups in total. The number of ether oxygens (including phenoxy) is 2. The van der Waals surface area contributed by atoms with Crippen LogP contribution >= 0.6 is 0 Å². The van der Waals surface area contributed by atoms with Crippen molar-refractivity contribution in [3.63, 3.8) is 0 Å². The van der Waals surface area contributed by atoms with Crippen LogP contribution in [0.3, 0.4) is 0 Å². The molecule has 0 radical (unpaired) electrons. The summed E-state index contributed by atoms with van der Waals surface area (Å²) in [6, 6.07) is 16.1. The minimum atomic E-state index is -0.344. The Morgan fingerprint density at radius 1 is 0.978 bits per heavy atom. The molecule has 1 saturated heterocycles. The molecule has 0 aliphatic carbocycles. The number of carbonyl (C=O) groups excluding carboxylic acids is 2. The number of carbonyl (C=O) groups is 2. The number of piperazine rings is 1. The van der Waals surface area contributed by atoms with Crippen LogP contribution in [0.5, 0.6) is 11.5 Å². The van der Waals surface area contributed by atoms with Crippen molar-refractivity contribution in [3.05, 3.63) is 84.6 Å². The number of para-hydroxylation sites is 1. The van der Waals surface area contributed by atoms with Crippen molar-refractivity contribution < 1.29 is 19.1 Å². The van der Waals surface area contributed by atoms with Gasteiger partial charge in [0.25, 0.3) is 0 Å². The van der Waals surface area contributed by atoms with Gasteiger partial charge in [-0.2, -0.15) is 4.98 Å². The third-order valence-electron chi connectivity index (χ3n) is 7.84. The number of methoxy groups -OCH3 is 2. The molecule has 1 aliphatic heterocycles. The highest BCUT2D eigenvalue weighted by Crippen LogP contribution is 2.30. The molecule has 2 aromatic carbocycles. The van der Waals surface area contributed by atoms with Crippen LogP contribution in [0.2, 0.25) is 0 Å². The fraction of sp³-hybridized carbons (Fsp3) is 0.364. The highest BCUT2D eigenvalue weighted by molar-refractivity contribution is 5.89. The topological polar surface area (TPSA) is 127 Å². The summed E-state index contributed by atoms with van der Waals surface area (Å²) in [5.41, 5.74) is 2.47. The van der Waals surface area contributed by atoms with Gasteiger partial charge in [-0.1, -0.05) is 38.1 Å². The first-order chi connectivity index (χ1) is 21.7. The molecule has 0 spiro atoms. The second-order valence-electron chi connectivity index (χ2n) is 11.3. The van der Waals surface area contributed by atoms with E-state index in [1.54, 1.807) is 42.4 Å². The number of urea groups is 1. The van der Waals surface area contributed by atoms with Crippen molar-refractivity contribution in [2.45, 2.75) is 45.2 Å². The van der Waals surface area contributed by atoms with E-state index in [0.717, 1.165) is 11.3 Å². The van der Waals surface area contributed by atoms with E-state index in [4.69, 9.17) is 19.4 Å². The zero-order valence-electron chi connectivity index (χ0n) is 26.3. The maximum absolute atomic E-state index is 13.6. The van der Waals surface area contributed by atoms with E-state index in [1.165, 1.54) is 0 Å². The van der Waals surface area contributed by atoms with Gasteiger partial charge in [0.2, 0.25) is 11.9 Å². The minimum Gasteiger partial charge on any atom is -0.493 e. The molecule has 3 heterocycles. The molecule has 2 atom stereocenters. The molecule has 2 aromatic heterocycles. The first-order valence-corrected chi connectivity index (χ1v) is 15.0. The van der Waals surface area contributed by atoms with Crippen LogP contribution in [-0.2, 0) is 4.79 Å². The number of anilines is 2. The van der Waals surface area contributed by atoms with E-state index in [1.807, 2.05) is 61.5 Å². The van der Waals surface area contributed by atoms with Gasteiger partial charge in [-0.05, 0) is 42.7 Å². The Morgan fingerprint density at radius 2 is 1.76 bits per heavy atom. The van der Waals surface area contributed by atoms with Crippen molar-refractivity contribution in [3.8, 4) is 17.4 Å². The van der Waals surface area contributed by atoms with Crippen LogP contribution in [0.1, 0.15) is 50.4 Å². The van der Waals surface area contributed by atoms with Crippen LogP contribution in [0, 0.1) is 0 Å². The predicted octanol–water partition coefficient (Wildman–Crippen LogP) is 4.79. The SMILES string of the molecule is COc1ccc(C(C)NC(=O)CC2CN(C(=O)Nc3ccccc3)CCN2c2cc(C(C)C)nc(-n3ccnc3)n2)cc1OC. The number of amides is 3. The monoisotopic (exact) mass is 612 g/mol. The lowest BCUT2D eigenvalue weighted by Gasteiger charge is -2.42. The number of nitrogens with zero attached hydrogens (tertiary/aromatic N) is 6. The Bertz CT molecular complexity index is 1600. The molecule has 4 aromatic rings. The maximum atomic E-state index is 13.6. The summed E-state index contributed by atoms with van der Waals surface area (Å²) in [6.07, 6.45) is 5.29. The van der Waals surface area contributed by atoms with Gasteiger partial charge in [0, 0.05) is 50.2 Å². The van der Waals surface area contributed by atoms with E-state index in [0.29, 0.717) is 48.6 Å². The number of benzene rings is 2. The predicted molar refractivity (Wildman–Crippen MR) is 172 cm³/mol. The fourth-order valence-corrected chi connectivity index (χ4v) is 5.34. The quantitative estimate of drug-likeness (QED) is 0.262. The summed E-state index contributed by atoms with van der Waals surface area (Å²) < 4.78 is 12.6. The average Bonchev–Trinajstić information content (AvgIpc) is 3.60. The van der Waals surface area contributed by atoms with Crippen LogP contribution in [0.15, 0.2) is 73.3 Å². The van der Waals surface area contributed by atoms with Crippen LogP contribution in [0.4, 0.5) is 16.3 Å². The maximum Gasteiger partial charge on any atom is 0.321 e. The van der Waals surface area contributed by atoms with Crippen molar-refractivity contribution in [2.75, 3.05) is 44.1 Å². The summed E-state index contributed by atoms with van der Waals surface area (Å²) in [5.74, 6) is 2.41. The Hall–Kier alpha value is -5.13. The molecule has 0 saturated carbocycles. The molecule has 2 unspecified atom stereocenters. The highest BCUT2D eigenvalue weighted by atomic mass is 16.5. The second kappa shape index (κ2) is 14.1. The standard InChI is InChI=1S/C33H40N8O4/c1-22(2)27-19-30(38-32(37-27)40-14-13-34-21-40)41-16-15-39(33(43)36-25-9-7-6-8-10-25)20-26(41)18-31(42)35-23(3)24-11-12-28(44-4)29(17-24)45-5/h6-14,17,19,21-23,26H,15-16,18,20H2,1-5H3,(H,35,42)(H,36,43). The minimum absolute atomic E-state index is 0.147. The molecule has 1 fully saturated rings. The van der Waals surface area contributed by atoms with Gasteiger partial charge in [-0.15, -0.1) is 0 Å². The molecule has 0 bridgehead atoms. The first-order valence-electron chi connectivity index (χ1n) is 15.0. The molecule has 12 heteroatoms.